The number of nitrogens with zero attached hydrogens (tertiary/aromatic N) is 4. The zero-order valence-electron chi connectivity index (χ0n) is 10.6. The lowest BCUT2D eigenvalue weighted by molar-refractivity contribution is 0.396. The molecule has 1 aliphatic rings. The van der Waals surface area contributed by atoms with E-state index >= 15 is 0 Å². The van der Waals surface area contributed by atoms with Gasteiger partial charge in [-0.2, -0.15) is 5.10 Å². The van der Waals surface area contributed by atoms with E-state index in [1.165, 1.54) is 0 Å². The summed E-state index contributed by atoms with van der Waals surface area (Å²) in [4.78, 5) is 6.69. The molecule has 0 aliphatic carbocycles. The predicted octanol–water partition coefficient (Wildman–Crippen LogP) is 2.33. The van der Waals surface area contributed by atoms with Crippen molar-refractivity contribution >= 4 is 17.5 Å². The molecule has 17 heavy (non-hydrogen) atoms. The second-order valence-electron chi connectivity index (χ2n) is 4.78. The predicted molar refractivity (Wildman–Crippen MR) is 69.6 cm³/mol. The normalized spacial score (nSPS) is 19.4. The van der Waals surface area contributed by atoms with Gasteiger partial charge in [-0.1, -0.05) is 0 Å². The first-order valence-electron chi connectivity index (χ1n) is 6.15. The molecule has 94 valence electrons. The first kappa shape index (κ1) is 12.6. The van der Waals surface area contributed by atoms with E-state index in [2.05, 4.69) is 27.0 Å². The number of rotatable bonds is 2. The monoisotopic (exact) mass is 254 g/mol. The number of hydrogen-bond donors (Lipinski definition) is 0. The zero-order valence-corrected chi connectivity index (χ0v) is 11.4. The van der Waals surface area contributed by atoms with Gasteiger partial charge in [-0.05, 0) is 39.5 Å². The van der Waals surface area contributed by atoms with Crippen LogP contribution in [0.4, 0.5) is 5.95 Å². The molecular weight excluding hydrogens is 236 g/mol. The molecule has 0 spiro atoms. The van der Waals surface area contributed by atoms with E-state index < -0.39 is 0 Å². The lowest BCUT2D eigenvalue weighted by Gasteiger charge is -2.32. The molecule has 1 aromatic rings. The lowest BCUT2D eigenvalue weighted by atomic mass is 9.94. The summed E-state index contributed by atoms with van der Waals surface area (Å²) in [6, 6.07) is 0. The lowest BCUT2D eigenvalue weighted by Crippen LogP contribution is -2.37. The van der Waals surface area contributed by atoms with Gasteiger partial charge in [0.25, 0.3) is 0 Å². The van der Waals surface area contributed by atoms with Crippen LogP contribution in [0.25, 0.3) is 0 Å². The van der Waals surface area contributed by atoms with Gasteiger partial charge in [0, 0.05) is 18.5 Å². The van der Waals surface area contributed by atoms with Gasteiger partial charge >= 0.3 is 0 Å². The average molecular weight is 255 g/mol. The maximum atomic E-state index is 6.13. The van der Waals surface area contributed by atoms with Crippen molar-refractivity contribution in [1.82, 2.24) is 15.2 Å². The number of aryl methyl sites for hydroxylation is 2. The molecular formula is C12H19ClN4. The summed E-state index contributed by atoms with van der Waals surface area (Å²) in [6.45, 7) is 7.94. The van der Waals surface area contributed by atoms with Gasteiger partial charge in [-0.15, -0.1) is 16.7 Å². The van der Waals surface area contributed by atoms with Crippen molar-refractivity contribution in [3.8, 4) is 0 Å². The topological polar surface area (TPSA) is 41.9 Å². The van der Waals surface area contributed by atoms with Gasteiger partial charge in [0.2, 0.25) is 5.95 Å². The summed E-state index contributed by atoms with van der Waals surface area (Å²) >= 11 is 6.13. The minimum absolute atomic E-state index is 0.260. The van der Waals surface area contributed by atoms with Gasteiger partial charge in [-0.3, -0.25) is 0 Å². The highest BCUT2D eigenvalue weighted by Gasteiger charge is 2.24. The fraction of sp³-hybridized carbons (Fsp3) is 0.750. The fourth-order valence-corrected chi connectivity index (χ4v) is 2.39. The minimum atomic E-state index is 0.260. The number of halogens is 1. The molecule has 1 unspecified atom stereocenters. The molecule has 1 atom stereocenters. The summed E-state index contributed by atoms with van der Waals surface area (Å²) in [6.07, 6.45) is 2.22. The van der Waals surface area contributed by atoms with E-state index in [4.69, 9.17) is 11.6 Å². The summed E-state index contributed by atoms with van der Waals surface area (Å²) < 4.78 is 0. The van der Waals surface area contributed by atoms with E-state index in [1.807, 2.05) is 13.8 Å². The highest BCUT2D eigenvalue weighted by molar-refractivity contribution is 6.20. The van der Waals surface area contributed by atoms with Crippen LogP contribution < -0.4 is 4.90 Å². The van der Waals surface area contributed by atoms with Crippen molar-refractivity contribution < 1.29 is 0 Å². The molecule has 2 heterocycles. The summed E-state index contributed by atoms with van der Waals surface area (Å²) in [5.41, 5.74) is 1.86. The molecule has 0 bridgehead atoms. The molecule has 1 fully saturated rings. The van der Waals surface area contributed by atoms with Crippen LogP contribution in [-0.4, -0.2) is 33.6 Å². The van der Waals surface area contributed by atoms with E-state index in [0.717, 1.165) is 43.3 Å². The van der Waals surface area contributed by atoms with Gasteiger partial charge in [0.05, 0.1) is 11.4 Å². The molecule has 1 saturated heterocycles. The zero-order chi connectivity index (χ0) is 12.4. The first-order chi connectivity index (χ1) is 8.08. The van der Waals surface area contributed by atoms with Gasteiger partial charge in [0.15, 0.2) is 0 Å². The molecule has 1 aliphatic heterocycles. The Hall–Kier alpha value is -0.900. The van der Waals surface area contributed by atoms with Crippen LogP contribution in [0.1, 0.15) is 31.2 Å². The summed E-state index contributed by atoms with van der Waals surface area (Å²) in [7, 11) is 0. The molecule has 0 radical (unpaired) electrons. The SMILES string of the molecule is Cc1nnc(N2CCC(C(C)Cl)CC2)nc1C. The third-order valence-electron chi connectivity index (χ3n) is 3.55. The molecule has 0 amide bonds. The van der Waals surface area contributed by atoms with E-state index in [1.54, 1.807) is 0 Å². The van der Waals surface area contributed by atoms with Crippen LogP contribution in [0.15, 0.2) is 0 Å². The third kappa shape index (κ3) is 2.86. The molecule has 0 saturated carbocycles. The number of anilines is 1. The van der Waals surface area contributed by atoms with Gasteiger partial charge < -0.3 is 4.90 Å². The van der Waals surface area contributed by atoms with Crippen LogP contribution in [0, 0.1) is 19.8 Å². The molecule has 2 rings (SSSR count). The second kappa shape index (κ2) is 5.17. The Balaban J connectivity index is 2.03. The van der Waals surface area contributed by atoms with Crippen LogP contribution in [0.5, 0.6) is 0 Å². The number of piperidine rings is 1. The van der Waals surface area contributed by atoms with Gasteiger partial charge in [-0.25, -0.2) is 4.98 Å². The molecule has 4 nitrogen and oxygen atoms in total. The number of aromatic nitrogens is 3. The molecule has 0 aromatic carbocycles. The van der Waals surface area contributed by atoms with Crippen molar-refractivity contribution in [2.24, 2.45) is 5.92 Å². The number of hydrogen-bond acceptors (Lipinski definition) is 4. The second-order valence-corrected chi connectivity index (χ2v) is 5.47. The van der Waals surface area contributed by atoms with Crippen LogP contribution in [0.2, 0.25) is 0 Å². The highest BCUT2D eigenvalue weighted by Crippen LogP contribution is 2.25. The van der Waals surface area contributed by atoms with Crippen molar-refractivity contribution in [3.63, 3.8) is 0 Å². The fourth-order valence-electron chi connectivity index (χ4n) is 2.14. The Morgan fingerprint density at radius 2 is 1.82 bits per heavy atom. The largest absolute Gasteiger partial charge is 0.340 e. The Kier molecular flexibility index (Phi) is 3.82. The Morgan fingerprint density at radius 1 is 1.18 bits per heavy atom. The average Bonchev–Trinajstić information content (AvgIpc) is 2.33. The maximum Gasteiger partial charge on any atom is 0.245 e. The van der Waals surface area contributed by atoms with Crippen molar-refractivity contribution in [2.75, 3.05) is 18.0 Å². The van der Waals surface area contributed by atoms with Crippen LogP contribution in [0.3, 0.4) is 0 Å². The van der Waals surface area contributed by atoms with E-state index in [-0.39, 0.29) is 5.38 Å². The first-order valence-corrected chi connectivity index (χ1v) is 6.58. The molecule has 0 N–H and O–H groups in total. The Bertz CT molecular complexity index is 386. The summed E-state index contributed by atoms with van der Waals surface area (Å²) in [5, 5.41) is 8.55. The van der Waals surface area contributed by atoms with Crippen molar-refractivity contribution in [3.05, 3.63) is 11.4 Å². The van der Waals surface area contributed by atoms with E-state index in [9.17, 15) is 0 Å². The smallest absolute Gasteiger partial charge is 0.245 e. The Morgan fingerprint density at radius 3 is 2.35 bits per heavy atom. The standard InChI is InChI=1S/C12H19ClN4/c1-8(13)11-4-6-17(7-5-11)12-14-9(2)10(3)15-16-12/h8,11H,4-7H2,1-3H3. The highest BCUT2D eigenvalue weighted by atomic mass is 35.5. The summed E-state index contributed by atoms with van der Waals surface area (Å²) in [5.74, 6) is 1.38. The number of alkyl halides is 1. The van der Waals surface area contributed by atoms with Crippen LogP contribution >= 0.6 is 11.6 Å². The van der Waals surface area contributed by atoms with Crippen LogP contribution in [-0.2, 0) is 0 Å². The molecule has 1 aromatic heterocycles. The maximum absolute atomic E-state index is 6.13. The quantitative estimate of drug-likeness (QED) is 0.760. The van der Waals surface area contributed by atoms with Crippen molar-refractivity contribution in [1.29, 1.82) is 0 Å². The minimum Gasteiger partial charge on any atom is -0.340 e. The van der Waals surface area contributed by atoms with Crippen molar-refractivity contribution in [2.45, 2.75) is 39.0 Å². The third-order valence-corrected chi connectivity index (χ3v) is 3.91. The Labute approximate surface area is 107 Å². The molecule has 5 heteroatoms. The van der Waals surface area contributed by atoms with Gasteiger partial charge in [0.1, 0.15) is 0 Å². The van der Waals surface area contributed by atoms with E-state index in [0.29, 0.717) is 5.92 Å².